The lowest BCUT2D eigenvalue weighted by Crippen LogP contribution is -2.39. The molecule has 0 amide bonds. The van der Waals surface area contributed by atoms with Gasteiger partial charge in [0.2, 0.25) is 18.3 Å². The van der Waals surface area contributed by atoms with Crippen LogP contribution in [0.25, 0.3) is 0 Å². The molecule has 7 aliphatic rings. The van der Waals surface area contributed by atoms with Crippen LogP contribution in [0.4, 0.5) is 0 Å². The summed E-state index contributed by atoms with van der Waals surface area (Å²) in [6, 6.07) is 0. The van der Waals surface area contributed by atoms with E-state index in [-0.39, 0.29) is 85.0 Å². The molecule has 0 aromatic rings. The van der Waals surface area contributed by atoms with Crippen molar-refractivity contribution in [2.24, 2.45) is 56.2 Å². The van der Waals surface area contributed by atoms with E-state index in [1.807, 2.05) is 96.9 Å². The molecule has 2 bridgehead atoms. The number of hydrogen-bond donors (Lipinski definition) is 0. The molecule has 7 rings (SSSR count). The van der Waals surface area contributed by atoms with Crippen molar-refractivity contribution in [1.82, 2.24) is 0 Å². The fraction of sp³-hybridized carbons (Fsp3) is 0.825. The van der Waals surface area contributed by atoms with Crippen molar-refractivity contribution in [2.75, 3.05) is 26.4 Å². The van der Waals surface area contributed by atoms with Crippen LogP contribution in [-0.4, -0.2) is 123 Å². The second-order valence-electron chi connectivity index (χ2n) is 25.0. The molecule has 2 aliphatic carbocycles. The van der Waals surface area contributed by atoms with E-state index in [1.54, 1.807) is 27.7 Å². The highest BCUT2D eigenvalue weighted by molar-refractivity contribution is 5.85. The van der Waals surface area contributed by atoms with Crippen LogP contribution in [0.15, 0.2) is 0 Å². The van der Waals surface area contributed by atoms with E-state index >= 15 is 0 Å². The Labute approximate surface area is 455 Å². The predicted octanol–water partition coefficient (Wildman–Crippen LogP) is 7.92. The average Bonchev–Trinajstić information content (AvgIpc) is 4.26. The van der Waals surface area contributed by atoms with E-state index in [4.69, 9.17) is 47.4 Å². The van der Waals surface area contributed by atoms with Crippen LogP contribution in [0.2, 0.25) is 0 Å². The molecule has 10 atom stereocenters. The molecule has 5 heterocycles. The maximum atomic E-state index is 12.1. The summed E-state index contributed by atoms with van der Waals surface area (Å²) < 4.78 is 50.8. The SMILES string of the molecule is CCC(C)(C)C(=O)OC1C(=O)OCC1(C)C.CCC(C)(C)C(=O)OC1C(=O)OCC1C.CCC(C)(C)C(=O)OC1C2CC3C(=O)OC1C3C2.CCC(C)(C)C(=O)OC1CCOC1=O.CCC(C)(C)C(=O)OC1COC(=O)C1. The standard InChI is InChI=1S/C14H20O4.C12H20O4.C11H18O4.2C10H16O4/c1-4-14(2,3)13(16)18-10-7-5-8-9(6-7)12(15)17-11(8)10;1-6-11(2,3)10(14)16-8-9(13)15-7-12(8,4)5;1-5-11(3,4)10(13)15-8-7(2)6-14-9(8)12;1-4-10(2,3)9(12)14-7-5-8(11)13-6-7;1-4-10(2,3)9(12)14-7-5-6-13-8(7)11/h7-11H,4-6H2,1-3H3;8H,6-7H2,1-5H3;7-8H,5-6H2,1-4H3;2*7H,4-6H2,1-3H3. The van der Waals surface area contributed by atoms with E-state index in [0.717, 1.165) is 19.3 Å². The summed E-state index contributed by atoms with van der Waals surface area (Å²) in [4.78, 5) is 115. The number of rotatable bonds is 15. The van der Waals surface area contributed by atoms with E-state index in [1.165, 1.54) is 0 Å². The van der Waals surface area contributed by atoms with Crippen LogP contribution in [0.5, 0.6) is 0 Å². The minimum absolute atomic E-state index is 0.0471. The molecule has 5 aliphatic heterocycles. The van der Waals surface area contributed by atoms with Crippen LogP contribution >= 0.6 is 0 Å². The lowest BCUT2D eigenvalue weighted by Gasteiger charge is -2.29. The van der Waals surface area contributed by atoms with Gasteiger partial charge in [0.05, 0.1) is 52.6 Å². The lowest BCUT2D eigenvalue weighted by atomic mass is 9.87. The van der Waals surface area contributed by atoms with Gasteiger partial charge in [-0.25, -0.2) is 14.4 Å². The highest BCUT2D eigenvalue weighted by Crippen LogP contribution is 2.55. The Bertz CT molecular complexity index is 2150. The Morgan fingerprint density at radius 2 is 1.03 bits per heavy atom. The Morgan fingerprint density at radius 1 is 0.545 bits per heavy atom. The van der Waals surface area contributed by atoms with E-state index in [2.05, 4.69) is 0 Å². The van der Waals surface area contributed by atoms with Gasteiger partial charge in [0, 0.05) is 29.6 Å². The first-order chi connectivity index (χ1) is 35.4. The van der Waals surface area contributed by atoms with Crippen molar-refractivity contribution in [3.05, 3.63) is 0 Å². The number of carbonyl (C=O) groups excluding carboxylic acids is 10. The molecule has 438 valence electrons. The molecule has 7 fully saturated rings. The Balaban J connectivity index is 0.000000254. The summed E-state index contributed by atoms with van der Waals surface area (Å²) in [5, 5.41) is 0. The summed E-state index contributed by atoms with van der Waals surface area (Å²) in [7, 11) is 0. The smallest absolute Gasteiger partial charge is 0.348 e. The van der Waals surface area contributed by atoms with Gasteiger partial charge in [0.15, 0.2) is 0 Å². The second-order valence-corrected chi connectivity index (χ2v) is 25.0. The Morgan fingerprint density at radius 3 is 1.44 bits per heavy atom. The topological polar surface area (TPSA) is 263 Å². The van der Waals surface area contributed by atoms with Gasteiger partial charge in [0.1, 0.15) is 31.5 Å². The van der Waals surface area contributed by atoms with Crippen molar-refractivity contribution >= 4 is 59.7 Å². The molecule has 0 radical (unpaired) electrons. The number of fused-ring (bicyclic) bond motifs is 1. The van der Waals surface area contributed by atoms with Crippen LogP contribution in [0.3, 0.4) is 0 Å². The molecule has 0 spiro atoms. The van der Waals surface area contributed by atoms with Gasteiger partial charge < -0.3 is 47.4 Å². The molecule has 0 aromatic heterocycles. The normalized spacial score (nSPS) is 27.7. The number of carbonyl (C=O) groups is 10. The van der Waals surface area contributed by atoms with Gasteiger partial charge in [0.25, 0.3) is 0 Å². The van der Waals surface area contributed by atoms with Crippen molar-refractivity contribution < 1.29 is 95.3 Å². The first-order valence-electron chi connectivity index (χ1n) is 27.4. The predicted molar refractivity (Wildman–Crippen MR) is 275 cm³/mol. The molecule has 5 saturated heterocycles. The molecule has 20 nitrogen and oxygen atoms in total. The maximum Gasteiger partial charge on any atom is 0.348 e. The summed E-state index contributed by atoms with van der Waals surface area (Å²) in [6.45, 7) is 34.7. The Kier molecular flexibility index (Phi) is 22.8. The summed E-state index contributed by atoms with van der Waals surface area (Å²) in [6.07, 6.45) is 3.06. The third kappa shape index (κ3) is 17.1. The number of hydrogen-bond acceptors (Lipinski definition) is 20. The van der Waals surface area contributed by atoms with Crippen LogP contribution in [0.1, 0.15) is 182 Å². The van der Waals surface area contributed by atoms with Crippen molar-refractivity contribution in [3.8, 4) is 0 Å². The van der Waals surface area contributed by atoms with Gasteiger partial charge in [-0.15, -0.1) is 0 Å². The van der Waals surface area contributed by atoms with Crippen molar-refractivity contribution in [3.63, 3.8) is 0 Å². The van der Waals surface area contributed by atoms with Gasteiger partial charge in [-0.1, -0.05) is 55.4 Å². The zero-order chi connectivity index (χ0) is 58.8. The number of esters is 10. The van der Waals surface area contributed by atoms with E-state index in [9.17, 15) is 47.9 Å². The minimum atomic E-state index is -0.772. The summed E-state index contributed by atoms with van der Waals surface area (Å²) >= 11 is 0. The first kappa shape index (κ1) is 66.0. The Hall–Kier alpha value is -5.30. The fourth-order valence-corrected chi connectivity index (χ4v) is 8.07. The van der Waals surface area contributed by atoms with E-state index in [0.29, 0.717) is 63.8 Å². The molecule has 77 heavy (non-hydrogen) atoms. The zero-order valence-electron chi connectivity index (χ0n) is 49.1. The first-order valence-corrected chi connectivity index (χ1v) is 27.4. The van der Waals surface area contributed by atoms with Gasteiger partial charge in [-0.3, -0.25) is 33.6 Å². The minimum Gasteiger partial charge on any atom is -0.463 e. The molecule has 20 heteroatoms. The summed E-state index contributed by atoms with van der Waals surface area (Å²) in [5.41, 5.74) is -2.99. The quantitative estimate of drug-likeness (QED) is 0.111. The third-order valence-electron chi connectivity index (χ3n) is 16.3. The zero-order valence-corrected chi connectivity index (χ0v) is 49.1. The highest BCUT2D eigenvalue weighted by Gasteiger charge is 2.63. The molecule has 0 aromatic carbocycles. The van der Waals surface area contributed by atoms with Gasteiger partial charge in [-0.05, 0) is 114 Å². The highest BCUT2D eigenvalue weighted by atomic mass is 16.6. The molecule has 0 N–H and O–H groups in total. The molecule has 10 unspecified atom stereocenters. The lowest BCUT2D eigenvalue weighted by molar-refractivity contribution is -0.170. The third-order valence-corrected chi connectivity index (χ3v) is 16.3. The van der Waals surface area contributed by atoms with Crippen molar-refractivity contribution in [2.45, 2.75) is 219 Å². The number of cyclic esters (lactones) is 4. The maximum absolute atomic E-state index is 12.1. The number of ether oxygens (including phenoxy) is 10. The molecule has 2 saturated carbocycles. The monoisotopic (exact) mass is 1090 g/mol. The second kappa shape index (κ2) is 26.6. The average molecular weight is 1100 g/mol. The molecular weight excluding hydrogens is 1000 g/mol. The van der Waals surface area contributed by atoms with Crippen LogP contribution < -0.4 is 0 Å². The largest absolute Gasteiger partial charge is 0.463 e. The van der Waals surface area contributed by atoms with Gasteiger partial charge >= 0.3 is 59.7 Å². The van der Waals surface area contributed by atoms with Crippen LogP contribution in [-0.2, 0) is 95.3 Å². The van der Waals surface area contributed by atoms with Crippen molar-refractivity contribution in [1.29, 1.82) is 0 Å². The fourth-order valence-electron chi connectivity index (χ4n) is 8.07. The molecular formula is C57H90O20. The van der Waals surface area contributed by atoms with Gasteiger partial charge in [-0.2, -0.15) is 0 Å². The van der Waals surface area contributed by atoms with E-state index < -0.39 is 68.7 Å². The summed E-state index contributed by atoms with van der Waals surface area (Å²) in [5.74, 6) is -2.45. The van der Waals surface area contributed by atoms with Crippen LogP contribution in [0, 0.1) is 56.2 Å².